The molecule has 90 valence electrons. The third kappa shape index (κ3) is 2.81. The van der Waals surface area contributed by atoms with Crippen molar-refractivity contribution in [2.24, 2.45) is 5.92 Å². The normalized spacial score (nSPS) is 29.0. The smallest absolute Gasteiger partial charge is 0.386 e. The number of rotatable bonds is 3. The molecule has 1 rings (SSSR count). The van der Waals surface area contributed by atoms with Crippen LogP contribution in [0.15, 0.2) is 0 Å². The fraction of sp³-hybridized carbons (Fsp3) is 1.00. The van der Waals surface area contributed by atoms with Crippen LogP contribution >= 0.6 is 0 Å². The van der Waals surface area contributed by atoms with Crippen LogP contribution in [-0.4, -0.2) is 39.1 Å². The lowest BCUT2D eigenvalue weighted by molar-refractivity contribution is 0.165. The van der Waals surface area contributed by atoms with Crippen LogP contribution in [0.3, 0.4) is 0 Å². The summed E-state index contributed by atoms with van der Waals surface area (Å²) >= 11 is 0. The van der Waals surface area contributed by atoms with Gasteiger partial charge in [0, 0.05) is 31.8 Å². The lowest BCUT2D eigenvalue weighted by atomic mass is 10.1. The highest BCUT2D eigenvalue weighted by Gasteiger charge is 2.52. The largest absolute Gasteiger partial charge is 0.428 e. The van der Waals surface area contributed by atoms with E-state index in [0.29, 0.717) is 5.92 Å². The molecule has 0 spiro atoms. The van der Waals surface area contributed by atoms with Crippen molar-refractivity contribution in [1.82, 2.24) is 4.57 Å². The van der Waals surface area contributed by atoms with E-state index in [1.165, 1.54) is 0 Å². The van der Waals surface area contributed by atoms with Crippen molar-refractivity contribution < 1.29 is 8.85 Å². The van der Waals surface area contributed by atoms with E-state index >= 15 is 0 Å². The fourth-order valence-electron chi connectivity index (χ4n) is 2.33. The second-order valence-corrected chi connectivity index (χ2v) is 8.76. The highest BCUT2D eigenvalue weighted by Crippen LogP contribution is 2.33. The van der Waals surface area contributed by atoms with Crippen molar-refractivity contribution in [2.45, 2.75) is 46.2 Å². The van der Waals surface area contributed by atoms with Crippen LogP contribution < -0.4 is 0 Å². The lowest BCUT2D eigenvalue weighted by Gasteiger charge is -2.41. The Labute approximate surface area is 95.1 Å². The van der Waals surface area contributed by atoms with Gasteiger partial charge in [-0.15, -0.1) is 0 Å². The first-order chi connectivity index (χ1) is 6.82. The summed E-state index contributed by atoms with van der Waals surface area (Å²) < 4.78 is 14.2. The molecule has 0 N–H and O–H groups in total. The molecule has 1 fully saturated rings. The van der Waals surface area contributed by atoms with E-state index in [9.17, 15) is 0 Å². The van der Waals surface area contributed by atoms with Gasteiger partial charge in [0.25, 0.3) is 0 Å². The molecule has 1 heterocycles. The molecule has 0 aromatic rings. The van der Waals surface area contributed by atoms with Crippen LogP contribution in [0.2, 0.25) is 6.04 Å². The summed E-state index contributed by atoms with van der Waals surface area (Å²) in [5, 5.41) is 0. The third-order valence-corrected chi connectivity index (χ3v) is 7.19. The molecule has 0 amide bonds. The number of nitrogens with zero attached hydrogens (tertiary/aromatic N) is 1. The molecule has 0 saturated carbocycles. The van der Waals surface area contributed by atoms with Gasteiger partial charge in [0.1, 0.15) is 0 Å². The van der Waals surface area contributed by atoms with Gasteiger partial charge in [-0.25, -0.2) is 0 Å². The van der Waals surface area contributed by atoms with Crippen molar-refractivity contribution in [1.29, 1.82) is 0 Å². The molecule has 1 saturated heterocycles. The van der Waals surface area contributed by atoms with Gasteiger partial charge in [-0.05, 0) is 26.7 Å². The zero-order valence-corrected chi connectivity index (χ0v) is 12.0. The maximum atomic E-state index is 5.98. The van der Waals surface area contributed by atoms with Crippen LogP contribution in [0.4, 0.5) is 0 Å². The lowest BCUT2D eigenvalue weighted by Crippen LogP contribution is -2.60. The van der Waals surface area contributed by atoms with Gasteiger partial charge in [0.05, 0.1) is 0 Å². The van der Waals surface area contributed by atoms with Gasteiger partial charge < -0.3 is 8.85 Å². The summed E-state index contributed by atoms with van der Waals surface area (Å²) in [5.41, 5.74) is 0.146. The molecule has 0 radical (unpaired) electrons. The molecule has 1 aliphatic rings. The van der Waals surface area contributed by atoms with E-state index < -0.39 is 8.72 Å². The quantitative estimate of drug-likeness (QED) is 0.696. The SMILES string of the molecule is CO[Si]1(CC(C)C)OCCN1C(C)(C)C. The zero-order valence-electron chi connectivity index (χ0n) is 11.0. The van der Waals surface area contributed by atoms with E-state index in [4.69, 9.17) is 8.85 Å². The Kier molecular flexibility index (Phi) is 3.98. The average Bonchev–Trinajstić information content (AvgIpc) is 2.47. The second kappa shape index (κ2) is 4.53. The first kappa shape index (κ1) is 13.2. The number of hydrogen-bond acceptors (Lipinski definition) is 3. The summed E-state index contributed by atoms with van der Waals surface area (Å²) in [6, 6.07) is 1.06. The van der Waals surface area contributed by atoms with E-state index in [-0.39, 0.29) is 5.54 Å². The van der Waals surface area contributed by atoms with Gasteiger partial charge in [-0.2, -0.15) is 0 Å². The summed E-state index contributed by atoms with van der Waals surface area (Å²) in [6.45, 7) is 13.0. The minimum absolute atomic E-state index is 0.146. The predicted molar refractivity (Wildman–Crippen MR) is 64.8 cm³/mol. The van der Waals surface area contributed by atoms with Gasteiger partial charge in [-0.3, -0.25) is 4.57 Å². The zero-order chi connectivity index (χ0) is 11.7. The molecule has 1 atom stereocenters. The average molecular weight is 231 g/mol. The molecular formula is C11H25NO2Si. The Morgan fingerprint density at radius 3 is 2.40 bits per heavy atom. The maximum absolute atomic E-state index is 5.98. The molecule has 0 aromatic carbocycles. The molecule has 0 bridgehead atoms. The Balaban J connectivity index is 2.86. The summed E-state index contributed by atoms with van der Waals surface area (Å²) in [5.74, 6) is 0.625. The van der Waals surface area contributed by atoms with Crippen molar-refractivity contribution >= 4 is 8.72 Å². The molecule has 3 nitrogen and oxygen atoms in total. The fourth-order valence-corrected chi connectivity index (χ4v) is 6.22. The Morgan fingerprint density at radius 1 is 1.40 bits per heavy atom. The predicted octanol–water partition coefficient (Wildman–Crippen LogP) is 2.36. The van der Waals surface area contributed by atoms with Gasteiger partial charge in [0.15, 0.2) is 0 Å². The standard InChI is InChI=1S/C11H25NO2Si/c1-10(2)9-15(13-6)12(7-8-14-15)11(3,4)5/h10H,7-9H2,1-6H3. The Morgan fingerprint density at radius 2 is 2.00 bits per heavy atom. The van der Waals surface area contributed by atoms with Crippen LogP contribution in [0.25, 0.3) is 0 Å². The summed E-state index contributed by atoms with van der Waals surface area (Å²) in [4.78, 5) is 0. The second-order valence-electron chi connectivity index (χ2n) is 5.69. The van der Waals surface area contributed by atoms with Crippen LogP contribution in [-0.2, 0) is 8.85 Å². The monoisotopic (exact) mass is 231 g/mol. The molecule has 0 aliphatic carbocycles. The van der Waals surface area contributed by atoms with Crippen LogP contribution in [0, 0.1) is 5.92 Å². The van der Waals surface area contributed by atoms with E-state index in [1.54, 1.807) is 7.11 Å². The molecule has 1 aliphatic heterocycles. The summed E-state index contributed by atoms with van der Waals surface area (Å²) in [6.07, 6.45) is 0. The Hall–Kier alpha value is 0.0969. The summed E-state index contributed by atoms with van der Waals surface area (Å²) in [7, 11) is -0.297. The molecule has 15 heavy (non-hydrogen) atoms. The van der Waals surface area contributed by atoms with E-state index in [0.717, 1.165) is 19.2 Å². The topological polar surface area (TPSA) is 21.7 Å². The number of hydrogen-bond donors (Lipinski definition) is 0. The molecule has 0 aromatic heterocycles. The van der Waals surface area contributed by atoms with Gasteiger partial charge in [-0.1, -0.05) is 13.8 Å². The first-order valence-electron chi connectivity index (χ1n) is 5.79. The van der Waals surface area contributed by atoms with Crippen molar-refractivity contribution in [3.05, 3.63) is 0 Å². The Bertz CT molecular complexity index is 215. The van der Waals surface area contributed by atoms with E-state index in [2.05, 4.69) is 39.2 Å². The van der Waals surface area contributed by atoms with Gasteiger partial charge >= 0.3 is 8.72 Å². The first-order valence-corrected chi connectivity index (χ1v) is 7.76. The molecule has 1 unspecified atom stereocenters. The van der Waals surface area contributed by atoms with Crippen molar-refractivity contribution in [2.75, 3.05) is 20.3 Å². The highest BCUT2D eigenvalue weighted by molar-refractivity contribution is 6.65. The van der Waals surface area contributed by atoms with Gasteiger partial charge in [0.2, 0.25) is 0 Å². The van der Waals surface area contributed by atoms with Crippen LogP contribution in [0.1, 0.15) is 34.6 Å². The minimum Gasteiger partial charge on any atom is -0.386 e. The minimum atomic E-state index is -2.10. The third-order valence-electron chi connectivity index (χ3n) is 2.85. The molecular weight excluding hydrogens is 206 g/mol. The highest BCUT2D eigenvalue weighted by atomic mass is 28.4. The van der Waals surface area contributed by atoms with Crippen molar-refractivity contribution in [3.8, 4) is 0 Å². The van der Waals surface area contributed by atoms with E-state index in [1.807, 2.05) is 0 Å². The van der Waals surface area contributed by atoms with Crippen molar-refractivity contribution in [3.63, 3.8) is 0 Å². The maximum Gasteiger partial charge on any atom is 0.428 e. The molecule has 4 heteroatoms. The van der Waals surface area contributed by atoms with Crippen LogP contribution in [0.5, 0.6) is 0 Å².